The molecule has 9 rings (SSSR count). The zero-order chi connectivity index (χ0) is 35.2. The second-order valence-electron chi connectivity index (χ2n) is 13.7. The van der Waals surface area contributed by atoms with Gasteiger partial charge in [-0.15, -0.1) is 59.1 Å². The Kier molecular flexibility index (Phi) is 9.45. The summed E-state index contributed by atoms with van der Waals surface area (Å²) in [5.41, 5.74) is 16.5. The van der Waals surface area contributed by atoms with Crippen molar-refractivity contribution in [1.29, 1.82) is 0 Å². The Morgan fingerprint density at radius 3 is 2.26 bits per heavy atom. The fourth-order valence-electron chi connectivity index (χ4n) is 7.91. The molecule has 0 spiro atoms. The predicted molar refractivity (Wildman–Crippen MR) is 217 cm³/mol. The molecule has 2 aromatic heterocycles. The molecule has 0 amide bonds. The summed E-state index contributed by atoms with van der Waals surface area (Å²) in [6, 6.07) is 57.4. The van der Waals surface area contributed by atoms with Gasteiger partial charge in [-0.1, -0.05) is 91.7 Å². The predicted octanol–water partition coefficient (Wildman–Crippen LogP) is 9.22. The average molecular weight is 864 g/mol. The number of pyridine rings is 1. The summed E-state index contributed by atoms with van der Waals surface area (Å²) in [4.78, 5) is 12.4. The van der Waals surface area contributed by atoms with Crippen molar-refractivity contribution in [2.45, 2.75) is 33.6 Å². The fraction of sp³-hybridized carbons (Fsp3) is 0.106. The molecular weight excluding hydrogens is 826 g/mol. The summed E-state index contributed by atoms with van der Waals surface area (Å²) < 4.78 is 2.32. The standard InChI is InChI=1S/C47H37BN4.Pt/c1-4-14-34-27-28-49-42(29-34)35-17-13-18-37(30-35)48-39-21-8-10-23-43(39)51(38-19-6-5-7-20-38)44-26-25-36(31-40(44)48)47-50-41-22-9-11-24-45(41)52(47)46-32(2)15-12-16-33(46)3;/h5-13,15-29H,4,14H2,1-3H3;/q-2;+2. The number of anilines is 3. The zero-order valence-corrected chi connectivity index (χ0v) is 32.2. The summed E-state index contributed by atoms with van der Waals surface area (Å²) in [5, 5.41) is 0. The quantitative estimate of drug-likeness (QED) is 0.119. The molecule has 0 atom stereocenters. The molecule has 6 aromatic carbocycles. The minimum atomic E-state index is -0.122. The fourth-order valence-corrected chi connectivity index (χ4v) is 7.91. The van der Waals surface area contributed by atoms with E-state index in [9.17, 15) is 0 Å². The van der Waals surface area contributed by atoms with Crippen LogP contribution in [0.4, 0.5) is 17.1 Å². The van der Waals surface area contributed by atoms with Crippen LogP contribution in [-0.2, 0) is 27.5 Å². The van der Waals surface area contributed by atoms with Crippen molar-refractivity contribution >= 4 is 51.2 Å². The molecule has 0 fully saturated rings. The molecule has 8 aromatic rings. The van der Waals surface area contributed by atoms with E-state index in [2.05, 4.69) is 182 Å². The van der Waals surface area contributed by atoms with Crippen LogP contribution >= 0.6 is 0 Å². The largest absolute Gasteiger partial charge is 2.00 e. The van der Waals surface area contributed by atoms with Gasteiger partial charge in [0.15, 0.2) is 0 Å². The van der Waals surface area contributed by atoms with Crippen molar-refractivity contribution in [3.05, 3.63) is 175 Å². The first kappa shape index (κ1) is 34.6. The van der Waals surface area contributed by atoms with Crippen molar-refractivity contribution in [3.8, 4) is 28.3 Å². The van der Waals surface area contributed by atoms with Gasteiger partial charge in [0.25, 0.3) is 0 Å². The van der Waals surface area contributed by atoms with Crippen molar-refractivity contribution in [2.75, 3.05) is 4.90 Å². The molecule has 1 aliphatic rings. The Morgan fingerprint density at radius 1 is 0.679 bits per heavy atom. The molecule has 0 unspecified atom stereocenters. The van der Waals surface area contributed by atoms with Gasteiger partial charge >= 0.3 is 21.1 Å². The van der Waals surface area contributed by atoms with E-state index >= 15 is 0 Å². The molecule has 0 bridgehead atoms. The number of aromatic nitrogens is 3. The van der Waals surface area contributed by atoms with Crippen LogP contribution in [0.5, 0.6) is 0 Å². The maximum absolute atomic E-state index is 5.29. The molecule has 6 heteroatoms. The van der Waals surface area contributed by atoms with Gasteiger partial charge in [0.2, 0.25) is 6.71 Å². The molecule has 1 aliphatic heterocycles. The number of fused-ring (bicyclic) bond motifs is 3. The second kappa shape index (κ2) is 14.5. The molecule has 0 saturated carbocycles. The van der Waals surface area contributed by atoms with Crippen LogP contribution in [0.2, 0.25) is 0 Å². The Hall–Kier alpha value is -5.51. The minimum absolute atomic E-state index is 0. The number of rotatable bonds is 7. The van der Waals surface area contributed by atoms with Crippen LogP contribution in [0.25, 0.3) is 39.4 Å². The number of hydrogen-bond donors (Lipinski definition) is 0. The van der Waals surface area contributed by atoms with Gasteiger partial charge in [-0.2, -0.15) is 5.46 Å². The number of imidazole rings is 1. The summed E-state index contributed by atoms with van der Waals surface area (Å²) in [6.07, 6.45) is 4.04. The summed E-state index contributed by atoms with van der Waals surface area (Å²) in [5.74, 6) is 0.875. The number of nitrogens with zero attached hydrogens (tertiary/aromatic N) is 4. The average Bonchev–Trinajstić information content (AvgIpc) is 3.56. The third kappa shape index (κ3) is 6.13. The Labute approximate surface area is 326 Å². The van der Waals surface area contributed by atoms with E-state index in [4.69, 9.17) is 9.97 Å². The minimum Gasteiger partial charge on any atom is -0.353 e. The summed E-state index contributed by atoms with van der Waals surface area (Å²) >= 11 is 0. The Balaban J connectivity index is 0.00000400. The molecule has 53 heavy (non-hydrogen) atoms. The first-order valence-corrected chi connectivity index (χ1v) is 18.1. The number of benzene rings is 6. The van der Waals surface area contributed by atoms with E-state index in [-0.39, 0.29) is 27.8 Å². The van der Waals surface area contributed by atoms with E-state index in [0.717, 1.165) is 80.2 Å². The van der Waals surface area contributed by atoms with Crippen LogP contribution in [0.3, 0.4) is 0 Å². The summed E-state index contributed by atoms with van der Waals surface area (Å²) in [6.45, 7) is 6.45. The molecule has 258 valence electrons. The van der Waals surface area contributed by atoms with Gasteiger partial charge in [-0.25, -0.2) is 0 Å². The van der Waals surface area contributed by atoms with E-state index in [1.165, 1.54) is 22.2 Å². The van der Waals surface area contributed by atoms with Crippen LogP contribution in [0.15, 0.2) is 146 Å². The Bertz CT molecular complexity index is 2580. The maximum Gasteiger partial charge on any atom is 2.00 e. The smallest absolute Gasteiger partial charge is 0.353 e. The third-order valence-electron chi connectivity index (χ3n) is 10.2. The van der Waals surface area contributed by atoms with Crippen molar-refractivity contribution in [3.63, 3.8) is 0 Å². The summed E-state index contributed by atoms with van der Waals surface area (Å²) in [7, 11) is 0. The monoisotopic (exact) mass is 863 g/mol. The Morgan fingerprint density at radius 2 is 1.43 bits per heavy atom. The first-order chi connectivity index (χ1) is 25.6. The number of hydrogen-bond acceptors (Lipinski definition) is 3. The van der Waals surface area contributed by atoms with Gasteiger partial charge in [0, 0.05) is 23.3 Å². The van der Waals surface area contributed by atoms with Gasteiger partial charge in [0.05, 0.1) is 16.9 Å². The normalized spacial score (nSPS) is 12.0. The van der Waals surface area contributed by atoms with Crippen LogP contribution in [0.1, 0.15) is 30.0 Å². The molecule has 3 heterocycles. The van der Waals surface area contributed by atoms with E-state index in [1.54, 1.807) is 0 Å². The van der Waals surface area contributed by atoms with Gasteiger partial charge in [0.1, 0.15) is 0 Å². The SMILES string of the molecule is CCCc1ccnc(-c2[c-]c(B3c4[c-]c(-c5nc6ccccc6n5-c5c(C)cccc5C)ccc4N(c4ccccc4)c4ccccc43)ccc2)c1.[Pt+2]. The number of aryl methyl sites for hydroxylation is 3. The molecule has 0 aliphatic carbocycles. The van der Waals surface area contributed by atoms with E-state index in [1.807, 2.05) is 6.20 Å². The van der Waals surface area contributed by atoms with Crippen LogP contribution < -0.4 is 21.3 Å². The zero-order valence-electron chi connectivity index (χ0n) is 30.0. The molecule has 0 radical (unpaired) electrons. The van der Waals surface area contributed by atoms with Crippen LogP contribution in [-0.4, -0.2) is 21.2 Å². The van der Waals surface area contributed by atoms with Crippen molar-refractivity contribution < 1.29 is 21.1 Å². The van der Waals surface area contributed by atoms with Crippen LogP contribution in [0, 0.1) is 26.0 Å². The first-order valence-electron chi connectivity index (χ1n) is 18.1. The number of para-hydroxylation sites is 5. The van der Waals surface area contributed by atoms with Gasteiger partial charge in [-0.05, 0) is 84.6 Å². The van der Waals surface area contributed by atoms with E-state index in [0.29, 0.717) is 0 Å². The molecular formula is C47H37BN4Pt. The topological polar surface area (TPSA) is 34.0 Å². The molecule has 0 saturated heterocycles. The van der Waals surface area contributed by atoms with E-state index < -0.39 is 0 Å². The maximum atomic E-state index is 5.29. The van der Waals surface area contributed by atoms with Gasteiger partial charge in [-0.3, -0.25) is 4.98 Å². The van der Waals surface area contributed by atoms with Crippen molar-refractivity contribution in [1.82, 2.24) is 14.5 Å². The second-order valence-corrected chi connectivity index (χ2v) is 13.7. The third-order valence-corrected chi connectivity index (χ3v) is 10.2. The molecule has 4 nitrogen and oxygen atoms in total. The van der Waals surface area contributed by atoms with Crippen molar-refractivity contribution in [2.24, 2.45) is 0 Å². The molecule has 0 N–H and O–H groups in total. The van der Waals surface area contributed by atoms with Gasteiger partial charge < -0.3 is 14.5 Å².